The van der Waals surface area contributed by atoms with Gasteiger partial charge in [0.25, 0.3) is 0 Å². The number of ether oxygens (including phenoxy) is 1. The Kier molecular flexibility index (Phi) is 7.75. The second-order valence-electron chi connectivity index (χ2n) is 4.54. The predicted octanol–water partition coefficient (Wildman–Crippen LogP) is 3.91. The zero-order chi connectivity index (χ0) is 14.1. The lowest BCUT2D eigenvalue weighted by molar-refractivity contribution is 0.0600. The summed E-state index contributed by atoms with van der Waals surface area (Å²) in [6.45, 7) is 4.06. The van der Waals surface area contributed by atoms with Gasteiger partial charge in [0.1, 0.15) is 0 Å². The maximum Gasteiger partial charge on any atom is 0.337 e. The van der Waals surface area contributed by atoms with Crippen LogP contribution in [0, 0.1) is 0 Å². The van der Waals surface area contributed by atoms with Crippen molar-refractivity contribution in [2.75, 3.05) is 13.7 Å². The minimum absolute atomic E-state index is 0.306. The van der Waals surface area contributed by atoms with Crippen LogP contribution in [0.3, 0.4) is 0 Å². The van der Waals surface area contributed by atoms with Gasteiger partial charge in [0.2, 0.25) is 0 Å². The van der Waals surface area contributed by atoms with Crippen LogP contribution >= 0.6 is 15.9 Å². The molecule has 0 atom stereocenters. The number of unbranched alkanes of at least 4 members (excludes halogenated alkanes) is 3. The SMILES string of the molecule is CCCCCCNCc1ccc(C(=O)OC)cc1Br. The highest BCUT2D eigenvalue weighted by Gasteiger charge is 2.07. The average molecular weight is 328 g/mol. The molecule has 0 heterocycles. The van der Waals surface area contributed by atoms with Crippen molar-refractivity contribution in [3.8, 4) is 0 Å². The summed E-state index contributed by atoms with van der Waals surface area (Å²) in [6.07, 6.45) is 5.07. The van der Waals surface area contributed by atoms with E-state index in [2.05, 4.69) is 28.2 Å². The largest absolute Gasteiger partial charge is 0.465 e. The summed E-state index contributed by atoms with van der Waals surface area (Å²) in [5, 5.41) is 3.42. The molecule has 0 unspecified atom stereocenters. The minimum atomic E-state index is -0.306. The highest BCUT2D eigenvalue weighted by molar-refractivity contribution is 9.10. The zero-order valence-corrected chi connectivity index (χ0v) is 13.3. The van der Waals surface area contributed by atoms with Crippen LogP contribution in [-0.4, -0.2) is 19.6 Å². The van der Waals surface area contributed by atoms with E-state index in [9.17, 15) is 4.79 Å². The molecule has 0 aliphatic heterocycles. The van der Waals surface area contributed by atoms with Crippen molar-refractivity contribution in [3.63, 3.8) is 0 Å². The highest BCUT2D eigenvalue weighted by atomic mass is 79.9. The molecule has 0 fully saturated rings. The first-order valence-electron chi connectivity index (χ1n) is 6.76. The van der Waals surface area contributed by atoms with Crippen molar-refractivity contribution >= 4 is 21.9 Å². The fourth-order valence-corrected chi connectivity index (χ4v) is 2.35. The molecule has 1 aromatic rings. The van der Waals surface area contributed by atoms with Gasteiger partial charge in [-0.15, -0.1) is 0 Å². The monoisotopic (exact) mass is 327 g/mol. The van der Waals surface area contributed by atoms with Crippen molar-refractivity contribution < 1.29 is 9.53 Å². The smallest absolute Gasteiger partial charge is 0.337 e. The lowest BCUT2D eigenvalue weighted by atomic mass is 10.1. The molecule has 0 saturated heterocycles. The number of benzene rings is 1. The summed E-state index contributed by atoms with van der Waals surface area (Å²) in [5.74, 6) is -0.306. The molecule has 1 aromatic carbocycles. The fourth-order valence-electron chi connectivity index (χ4n) is 1.84. The fraction of sp³-hybridized carbons (Fsp3) is 0.533. The zero-order valence-electron chi connectivity index (χ0n) is 11.7. The number of hydrogen-bond acceptors (Lipinski definition) is 3. The van der Waals surface area contributed by atoms with E-state index in [4.69, 9.17) is 4.74 Å². The van der Waals surface area contributed by atoms with Crippen LogP contribution in [0.2, 0.25) is 0 Å². The molecule has 106 valence electrons. The van der Waals surface area contributed by atoms with Crippen molar-refractivity contribution in [3.05, 3.63) is 33.8 Å². The van der Waals surface area contributed by atoms with E-state index >= 15 is 0 Å². The highest BCUT2D eigenvalue weighted by Crippen LogP contribution is 2.19. The van der Waals surface area contributed by atoms with Crippen LogP contribution in [0.15, 0.2) is 22.7 Å². The first kappa shape index (κ1) is 16.2. The molecule has 0 aromatic heterocycles. The molecule has 0 aliphatic carbocycles. The predicted molar refractivity (Wildman–Crippen MR) is 81.3 cm³/mol. The Balaban J connectivity index is 2.40. The standard InChI is InChI=1S/C15H22BrNO2/c1-3-4-5-6-9-17-11-13-8-7-12(10-14(13)16)15(18)19-2/h7-8,10,17H,3-6,9,11H2,1-2H3. The van der Waals surface area contributed by atoms with Gasteiger partial charge in [0, 0.05) is 11.0 Å². The van der Waals surface area contributed by atoms with E-state index in [0.717, 1.165) is 23.1 Å². The number of nitrogens with one attached hydrogen (secondary N) is 1. The van der Waals surface area contributed by atoms with Gasteiger partial charge in [0.15, 0.2) is 0 Å². The Bertz CT molecular complexity index is 407. The van der Waals surface area contributed by atoms with Gasteiger partial charge in [-0.05, 0) is 30.7 Å². The van der Waals surface area contributed by atoms with Gasteiger partial charge in [-0.1, -0.05) is 48.2 Å². The molecular weight excluding hydrogens is 306 g/mol. The van der Waals surface area contributed by atoms with E-state index in [1.54, 1.807) is 12.1 Å². The molecule has 0 spiro atoms. The summed E-state index contributed by atoms with van der Waals surface area (Å²) in [7, 11) is 1.39. The molecular formula is C15H22BrNO2. The normalized spacial score (nSPS) is 10.5. The van der Waals surface area contributed by atoms with Crippen molar-refractivity contribution in [1.29, 1.82) is 0 Å². The molecule has 0 aliphatic rings. The van der Waals surface area contributed by atoms with Crippen LogP contribution in [0.25, 0.3) is 0 Å². The summed E-state index contributed by atoms with van der Waals surface area (Å²) in [4.78, 5) is 11.4. The third kappa shape index (κ3) is 5.74. The molecule has 0 saturated carbocycles. The van der Waals surface area contributed by atoms with E-state index in [-0.39, 0.29) is 5.97 Å². The van der Waals surface area contributed by atoms with Crippen LogP contribution in [-0.2, 0) is 11.3 Å². The molecule has 4 heteroatoms. The lowest BCUT2D eigenvalue weighted by Crippen LogP contribution is -2.15. The van der Waals surface area contributed by atoms with Crippen molar-refractivity contribution in [2.24, 2.45) is 0 Å². The van der Waals surface area contributed by atoms with E-state index in [0.29, 0.717) is 5.56 Å². The molecule has 1 rings (SSSR count). The van der Waals surface area contributed by atoms with Crippen LogP contribution in [0.5, 0.6) is 0 Å². The Morgan fingerprint density at radius 3 is 2.74 bits per heavy atom. The van der Waals surface area contributed by atoms with Crippen molar-refractivity contribution in [2.45, 2.75) is 39.2 Å². The van der Waals surface area contributed by atoms with Gasteiger partial charge < -0.3 is 10.1 Å². The minimum Gasteiger partial charge on any atom is -0.465 e. The first-order valence-corrected chi connectivity index (χ1v) is 7.55. The number of hydrogen-bond donors (Lipinski definition) is 1. The van der Waals surface area contributed by atoms with E-state index in [1.807, 2.05) is 6.07 Å². The first-order chi connectivity index (χ1) is 9.19. The quantitative estimate of drug-likeness (QED) is 0.581. The molecule has 0 radical (unpaired) electrons. The number of rotatable bonds is 8. The third-order valence-electron chi connectivity index (χ3n) is 3.00. The Morgan fingerprint density at radius 2 is 2.11 bits per heavy atom. The lowest BCUT2D eigenvalue weighted by Gasteiger charge is -2.08. The number of carbonyl (C=O) groups excluding carboxylic acids is 1. The van der Waals surface area contributed by atoms with Crippen LogP contribution < -0.4 is 5.32 Å². The summed E-state index contributed by atoms with van der Waals surface area (Å²) >= 11 is 3.49. The Hall–Kier alpha value is -0.870. The molecule has 1 N–H and O–H groups in total. The van der Waals surface area contributed by atoms with Crippen LogP contribution in [0.4, 0.5) is 0 Å². The third-order valence-corrected chi connectivity index (χ3v) is 3.73. The summed E-state index contributed by atoms with van der Waals surface area (Å²) < 4.78 is 5.63. The Morgan fingerprint density at radius 1 is 1.32 bits per heavy atom. The molecule has 0 bridgehead atoms. The second-order valence-corrected chi connectivity index (χ2v) is 5.39. The average Bonchev–Trinajstić information content (AvgIpc) is 2.43. The number of halogens is 1. The van der Waals surface area contributed by atoms with Gasteiger partial charge in [0.05, 0.1) is 12.7 Å². The Labute approximate surface area is 123 Å². The number of methoxy groups -OCH3 is 1. The summed E-state index contributed by atoms with van der Waals surface area (Å²) in [5.41, 5.74) is 1.73. The van der Waals surface area contributed by atoms with E-state index < -0.39 is 0 Å². The molecule has 3 nitrogen and oxygen atoms in total. The molecule has 19 heavy (non-hydrogen) atoms. The number of carbonyl (C=O) groups is 1. The number of esters is 1. The second kappa shape index (κ2) is 9.10. The van der Waals surface area contributed by atoms with Gasteiger partial charge in [-0.25, -0.2) is 4.79 Å². The van der Waals surface area contributed by atoms with Gasteiger partial charge in [-0.2, -0.15) is 0 Å². The van der Waals surface area contributed by atoms with Crippen molar-refractivity contribution in [1.82, 2.24) is 5.32 Å². The topological polar surface area (TPSA) is 38.3 Å². The molecule has 0 amide bonds. The van der Waals surface area contributed by atoms with Crippen LogP contribution in [0.1, 0.15) is 48.5 Å². The maximum absolute atomic E-state index is 11.4. The van der Waals surface area contributed by atoms with Gasteiger partial charge in [-0.3, -0.25) is 0 Å². The van der Waals surface area contributed by atoms with E-state index in [1.165, 1.54) is 32.8 Å². The summed E-state index contributed by atoms with van der Waals surface area (Å²) in [6, 6.07) is 5.56. The maximum atomic E-state index is 11.4. The van der Waals surface area contributed by atoms with Gasteiger partial charge >= 0.3 is 5.97 Å².